The summed E-state index contributed by atoms with van der Waals surface area (Å²) >= 11 is 5.86. The summed E-state index contributed by atoms with van der Waals surface area (Å²) in [5, 5.41) is 0.333. The second-order valence-corrected chi connectivity index (χ2v) is 6.63. The average molecular weight is 344 g/mol. The van der Waals surface area contributed by atoms with Gasteiger partial charge in [-0.05, 0) is 49.1 Å². The fourth-order valence-electron chi connectivity index (χ4n) is 3.07. The minimum absolute atomic E-state index is 0.0561. The van der Waals surface area contributed by atoms with Crippen LogP contribution in [0, 0.1) is 0 Å². The van der Waals surface area contributed by atoms with E-state index in [2.05, 4.69) is 34.1 Å². The van der Waals surface area contributed by atoms with Crippen LogP contribution in [0.15, 0.2) is 42.6 Å². The van der Waals surface area contributed by atoms with Crippen LogP contribution < -0.4 is 4.90 Å². The summed E-state index contributed by atoms with van der Waals surface area (Å²) in [7, 11) is 1.80. The molecule has 0 N–H and O–H groups in total. The highest BCUT2D eigenvalue weighted by Crippen LogP contribution is 2.21. The zero-order valence-corrected chi connectivity index (χ0v) is 14.7. The zero-order valence-electron chi connectivity index (χ0n) is 13.9. The number of benzene rings is 1. The van der Waals surface area contributed by atoms with Crippen LogP contribution >= 0.6 is 11.6 Å². The highest BCUT2D eigenvalue weighted by molar-refractivity contribution is 6.29. The molecule has 126 valence electrons. The van der Waals surface area contributed by atoms with E-state index in [1.165, 1.54) is 24.9 Å². The van der Waals surface area contributed by atoms with Crippen LogP contribution in [0.3, 0.4) is 0 Å². The highest BCUT2D eigenvalue weighted by Gasteiger charge is 2.14. The van der Waals surface area contributed by atoms with Crippen molar-refractivity contribution in [2.45, 2.75) is 25.8 Å². The third-order valence-electron chi connectivity index (χ3n) is 4.40. The highest BCUT2D eigenvalue weighted by atomic mass is 35.5. The Balaban J connectivity index is 1.63. The van der Waals surface area contributed by atoms with Gasteiger partial charge in [-0.2, -0.15) is 0 Å². The van der Waals surface area contributed by atoms with Gasteiger partial charge in [0.15, 0.2) is 0 Å². The van der Waals surface area contributed by atoms with Gasteiger partial charge < -0.3 is 9.80 Å². The van der Waals surface area contributed by atoms with E-state index in [9.17, 15) is 4.79 Å². The van der Waals surface area contributed by atoms with Crippen molar-refractivity contribution in [3.8, 4) is 0 Å². The van der Waals surface area contributed by atoms with E-state index in [0.717, 1.165) is 18.7 Å². The first-order valence-electron chi connectivity index (χ1n) is 8.34. The van der Waals surface area contributed by atoms with Crippen molar-refractivity contribution in [3.05, 3.63) is 58.9 Å². The second-order valence-electron chi connectivity index (χ2n) is 6.24. The molecule has 4 nitrogen and oxygen atoms in total. The summed E-state index contributed by atoms with van der Waals surface area (Å²) in [5.74, 6) is -0.0561. The number of pyridine rings is 1. The van der Waals surface area contributed by atoms with Gasteiger partial charge in [-0.3, -0.25) is 4.79 Å². The number of nitrogens with zero attached hydrogens (tertiary/aromatic N) is 3. The molecule has 0 aliphatic carbocycles. The van der Waals surface area contributed by atoms with Gasteiger partial charge in [0.2, 0.25) is 0 Å². The molecule has 1 aromatic carbocycles. The number of aromatic nitrogens is 1. The summed E-state index contributed by atoms with van der Waals surface area (Å²) in [6.07, 6.45) is 5.43. The Kier molecular flexibility index (Phi) is 5.36. The predicted octanol–water partition coefficient (Wildman–Crippen LogP) is 4.00. The van der Waals surface area contributed by atoms with Gasteiger partial charge in [0.25, 0.3) is 5.91 Å². The van der Waals surface area contributed by atoms with Gasteiger partial charge >= 0.3 is 0 Å². The second kappa shape index (κ2) is 7.67. The molecular weight excluding hydrogens is 322 g/mol. The molecule has 1 aromatic heterocycles. The van der Waals surface area contributed by atoms with Crippen LogP contribution in [0.5, 0.6) is 0 Å². The molecule has 0 bridgehead atoms. The van der Waals surface area contributed by atoms with Crippen molar-refractivity contribution in [1.29, 1.82) is 0 Å². The first-order chi connectivity index (χ1) is 11.6. The summed E-state index contributed by atoms with van der Waals surface area (Å²) in [6.45, 7) is 2.85. The minimum Gasteiger partial charge on any atom is -0.372 e. The maximum absolute atomic E-state index is 12.4. The first kappa shape index (κ1) is 16.8. The molecule has 0 spiro atoms. The standard InChI is InChI=1S/C19H22ClN3O/c1-22(19(24)16-9-10-21-18(20)13-16)14-15-5-7-17(8-6-15)23-11-3-2-4-12-23/h5-10,13H,2-4,11-12,14H2,1H3. The van der Waals surface area contributed by atoms with Crippen LogP contribution in [0.2, 0.25) is 5.15 Å². The number of hydrogen-bond donors (Lipinski definition) is 0. The van der Waals surface area contributed by atoms with Crippen LogP contribution in [0.4, 0.5) is 5.69 Å². The number of piperidine rings is 1. The fourth-order valence-corrected chi connectivity index (χ4v) is 3.24. The number of carbonyl (C=O) groups is 1. The summed E-state index contributed by atoms with van der Waals surface area (Å²) in [6, 6.07) is 11.8. The first-order valence-corrected chi connectivity index (χ1v) is 8.72. The molecule has 1 amide bonds. The summed E-state index contributed by atoms with van der Waals surface area (Å²) in [5.41, 5.74) is 2.95. The van der Waals surface area contributed by atoms with E-state index in [1.807, 2.05) is 0 Å². The van der Waals surface area contributed by atoms with Crippen LogP contribution in [-0.4, -0.2) is 35.9 Å². The normalized spacial score (nSPS) is 14.5. The van der Waals surface area contributed by atoms with Gasteiger partial charge in [0, 0.05) is 44.1 Å². The Labute approximate surface area is 148 Å². The molecule has 0 atom stereocenters. The molecule has 1 aliphatic heterocycles. The molecular formula is C19H22ClN3O. The van der Waals surface area contributed by atoms with Gasteiger partial charge in [-0.25, -0.2) is 4.98 Å². The minimum atomic E-state index is -0.0561. The topological polar surface area (TPSA) is 36.4 Å². The van der Waals surface area contributed by atoms with E-state index < -0.39 is 0 Å². The van der Waals surface area contributed by atoms with Crippen LogP contribution in [0.1, 0.15) is 35.2 Å². The molecule has 2 aromatic rings. The number of rotatable bonds is 4. The van der Waals surface area contributed by atoms with E-state index in [-0.39, 0.29) is 5.91 Å². The van der Waals surface area contributed by atoms with Crippen molar-refractivity contribution in [2.75, 3.05) is 25.0 Å². The van der Waals surface area contributed by atoms with E-state index in [1.54, 1.807) is 30.3 Å². The molecule has 24 heavy (non-hydrogen) atoms. The lowest BCUT2D eigenvalue weighted by molar-refractivity contribution is 0.0785. The lowest BCUT2D eigenvalue weighted by atomic mass is 10.1. The fraction of sp³-hybridized carbons (Fsp3) is 0.368. The Hall–Kier alpha value is -2.07. The molecule has 1 fully saturated rings. The lowest BCUT2D eigenvalue weighted by Crippen LogP contribution is -2.29. The Morgan fingerprint density at radius 2 is 1.88 bits per heavy atom. The van der Waals surface area contributed by atoms with Crippen molar-refractivity contribution in [1.82, 2.24) is 9.88 Å². The van der Waals surface area contributed by atoms with E-state index >= 15 is 0 Å². The average Bonchev–Trinajstić information content (AvgIpc) is 2.62. The van der Waals surface area contributed by atoms with Crippen molar-refractivity contribution < 1.29 is 4.79 Å². The smallest absolute Gasteiger partial charge is 0.254 e. The lowest BCUT2D eigenvalue weighted by Gasteiger charge is -2.29. The van der Waals surface area contributed by atoms with Gasteiger partial charge in [0.05, 0.1) is 0 Å². The van der Waals surface area contributed by atoms with Gasteiger partial charge in [0.1, 0.15) is 5.15 Å². The van der Waals surface area contributed by atoms with E-state index in [4.69, 9.17) is 11.6 Å². The summed E-state index contributed by atoms with van der Waals surface area (Å²) in [4.78, 5) is 20.5. The number of carbonyl (C=O) groups excluding carboxylic acids is 1. The van der Waals surface area contributed by atoms with Crippen molar-refractivity contribution in [2.24, 2.45) is 0 Å². The Morgan fingerprint density at radius 1 is 1.17 bits per heavy atom. The molecule has 0 radical (unpaired) electrons. The predicted molar refractivity (Wildman–Crippen MR) is 97.6 cm³/mol. The van der Waals surface area contributed by atoms with E-state index in [0.29, 0.717) is 17.3 Å². The third kappa shape index (κ3) is 4.06. The Morgan fingerprint density at radius 3 is 2.54 bits per heavy atom. The van der Waals surface area contributed by atoms with Crippen molar-refractivity contribution in [3.63, 3.8) is 0 Å². The quantitative estimate of drug-likeness (QED) is 0.787. The maximum atomic E-state index is 12.4. The SMILES string of the molecule is CN(Cc1ccc(N2CCCCC2)cc1)C(=O)c1ccnc(Cl)c1. The van der Waals surface area contributed by atoms with Crippen LogP contribution in [-0.2, 0) is 6.54 Å². The summed E-state index contributed by atoms with van der Waals surface area (Å²) < 4.78 is 0. The van der Waals surface area contributed by atoms with Gasteiger partial charge in [-0.1, -0.05) is 23.7 Å². The van der Waals surface area contributed by atoms with Crippen molar-refractivity contribution >= 4 is 23.2 Å². The third-order valence-corrected chi connectivity index (χ3v) is 4.60. The molecule has 3 rings (SSSR count). The maximum Gasteiger partial charge on any atom is 0.254 e. The largest absolute Gasteiger partial charge is 0.372 e. The van der Waals surface area contributed by atoms with Crippen LogP contribution in [0.25, 0.3) is 0 Å². The molecule has 5 heteroatoms. The van der Waals surface area contributed by atoms with Gasteiger partial charge in [-0.15, -0.1) is 0 Å². The number of halogens is 1. The molecule has 1 saturated heterocycles. The number of hydrogen-bond acceptors (Lipinski definition) is 3. The number of amides is 1. The molecule has 1 aliphatic rings. The Bertz CT molecular complexity index is 696. The molecule has 2 heterocycles. The molecule has 0 saturated carbocycles. The number of anilines is 1. The monoisotopic (exact) mass is 343 g/mol. The zero-order chi connectivity index (χ0) is 16.9. The molecule has 0 unspecified atom stereocenters.